The van der Waals surface area contributed by atoms with Gasteiger partial charge in [0.05, 0.1) is 57.9 Å². The molecule has 2 aliphatic rings. The number of nitrogens with one attached hydrogen (secondary N) is 1. The van der Waals surface area contributed by atoms with Gasteiger partial charge in [0.25, 0.3) is 0 Å². The number of fused-ring (bicyclic) bond motifs is 1. The number of benzene rings is 3. The van der Waals surface area contributed by atoms with Crippen LogP contribution in [0.15, 0.2) is 72.8 Å². The molecular weight excluding hydrogens is 622 g/mol. The number of hydrogen-bond donors (Lipinski definition) is 1. The van der Waals surface area contributed by atoms with Crippen molar-refractivity contribution in [3.05, 3.63) is 89.5 Å². The van der Waals surface area contributed by atoms with Gasteiger partial charge in [0.1, 0.15) is 24.7 Å². The Hall–Kier alpha value is -3.83. The first-order chi connectivity index (χ1) is 24.0. The number of carbonyl (C=O) groups is 1. The van der Waals surface area contributed by atoms with E-state index in [1.165, 1.54) is 0 Å². The van der Waals surface area contributed by atoms with Gasteiger partial charge >= 0.3 is 6.09 Å². The van der Waals surface area contributed by atoms with Crippen LogP contribution in [0, 0.1) is 0 Å². The maximum Gasteiger partial charge on any atom is 0.410 e. The Morgan fingerprint density at radius 3 is 2.47 bits per heavy atom. The molecule has 10 heteroatoms. The first kappa shape index (κ1) is 36.5. The van der Waals surface area contributed by atoms with Gasteiger partial charge in [0.15, 0.2) is 0 Å². The molecule has 49 heavy (non-hydrogen) atoms. The van der Waals surface area contributed by atoms with E-state index < -0.39 is 0 Å². The molecule has 0 aromatic heterocycles. The van der Waals surface area contributed by atoms with E-state index in [-0.39, 0.29) is 36.9 Å². The Morgan fingerprint density at radius 1 is 0.959 bits per heavy atom. The van der Waals surface area contributed by atoms with Crippen LogP contribution in [0.25, 0.3) is 0 Å². The second-order valence-electron chi connectivity index (χ2n) is 12.8. The lowest BCUT2D eigenvalue weighted by atomic mass is 9.84. The molecule has 0 aliphatic carbocycles. The molecule has 0 spiro atoms. The number of ether oxygens (including phenoxy) is 6. The fraction of sp³-hybridized carbons (Fsp3) is 0.513. The maximum atomic E-state index is 13.6. The van der Waals surface area contributed by atoms with Crippen molar-refractivity contribution in [1.29, 1.82) is 0 Å². The Balaban J connectivity index is 1.38. The quantitative estimate of drug-likeness (QED) is 0.173. The molecule has 3 aromatic carbocycles. The minimum Gasteiger partial charge on any atom is -0.497 e. The van der Waals surface area contributed by atoms with Crippen molar-refractivity contribution in [1.82, 2.24) is 10.2 Å². The standard InChI is InChI=1S/C39H53N3O7/c1-5-18-40-29(2)26-47-36-24-42(39(43)49-27-30-10-7-6-8-11-30)25-37(38(36)32-13-15-33(45-4)16-14-32)48-28-31-12-17-35-34(23-31)41(20-22-46-35)19-9-21-44-3/h6-8,10-17,23,29,36-38,40H,5,9,18-22,24-28H2,1-4H3/t29-,36-,37+,38+/m1/s1. The number of amides is 1. The summed E-state index contributed by atoms with van der Waals surface area (Å²) in [5, 5.41) is 3.52. The highest BCUT2D eigenvalue weighted by Gasteiger charge is 2.42. The smallest absolute Gasteiger partial charge is 0.410 e. The van der Waals surface area contributed by atoms with Gasteiger partial charge in [-0.05, 0) is 67.3 Å². The molecule has 10 nitrogen and oxygen atoms in total. The van der Waals surface area contributed by atoms with Crippen molar-refractivity contribution in [3.63, 3.8) is 0 Å². The summed E-state index contributed by atoms with van der Waals surface area (Å²) in [5.74, 6) is 1.53. The largest absolute Gasteiger partial charge is 0.497 e. The Labute approximate surface area is 291 Å². The lowest BCUT2D eigenvalue weighted by molar-refractivity contribution is -0.0940. The number of likely N-dealkylation sites (tertiary alicyclic amines) is 1. The van der Waals surface area contributed by atoms with Crippen LogP contribution in [0.1, 0.15) is 49.3 Å². The van der Waals surface area contributed by atoms with Gasteiger partial charge in [0.2, 0.25) is 0 Å². The predicted octanol–water partition coefficient (Wildman–Crippen LogP) is 6.03. The van der Waals surface area contributed by atoms with E-state index >= 15 is 0 Å². The number of hydrogen-bond acceptors (Lipinski definition) is 9. The van der Waals surface area contributed by atoms with E-state index in [1.807, 2.05) is 48.5 Å². The summed E-state index contributed by atoms with van der Waals surface area (Å²) in [6.45, 7) is 10.1. The molecule has 0 radical (unpaired) electrons. The normalized spacial score (nSPS) is 19.6. The minimum absolute atomic E-state index is 0.131. The second-order valence-corrected chi connectivity index (χ2v) is 12.8. The summed E-state index contributed by atoms with van der Waals surface area (Å²) in [4.78, 5) is 17.7. The van der Waals surface area contributed by atoms with Crippen LogP contribution in [0.3, 0.4) is 0 Å². The van der Waals surface area contributed by atoms with E-state index in [0.717, 1.165) is 66.4 Å². The van der Waals surface area contributed by atoms with E-state index in [0.29, 0.717) is 39.5 Å². The van der Waals surface area contributed by atoms with Gasteiger partial charge in [-0.15, -0.1) is 0 Å². The number of rotatable bonds is 17. The SMILES string of the molecule is CCCN[C@H](C)CO[C@@H]1CN(C(=O)OCc2ccccc2)C[C@H](OCc2ccc3c(c2)N(CCCOC)CCO3)[C@H]1c1ccc(OC)cc1. The molecule has 0 bridgehead atoms. The highest BCUT2D eigenvalue weighted by atomic mass is 16.6. The van der Waals surface area contributed by atoms with Crippen LogP contribution < -0.4 is 19.7 Å². The van der Waals surface area contributed by atoms with Gasteiger partial charge in [-0.1, -0.05) is 55.5 Å². The molecule has 0 unspecified atom stereocenters. The second kappa shape index (κ2) is 18.8. The molecule has 266 valence electrons. The molecule has 0 saturated carbocycles. The summed E-state index contributed by atoms with van der Waals surface area (Å²) >= 11 is 0. The first-order valence-corrected chi connectivity index (χ1v) is 17.5. The topological polar surface area (TPSA) is 91.0 Å². The molecule has 2 aliphatic heterocycles. The third kappa shape index (κ3) is 10.3. The summed E-state index contributed by atoms with van der Waals surface area (Å²) in [6, 6.07) is 24.2. The number of piperidine rings is 1. The molecule has 1 fully saturated rings. The highest BCUT2D eigenvalue weighted by molar-refractivity contribution is 5.68. The van der Waals surface area contributed by atoms with E-state index in [1.54, 1.807) is 19.1 Å². The zero-order valence-corrected chi connectivity index (χ0v) is 29.5. The van der Waals surface area contributed by atoms with E-state index in [4.69, 9.17) is 28.4 Å². The zero-order valence-electron chi connectivity index (χ0n) is 29.5. The average Bonchev–Trinajstić information content (AvgIpc) is 3.14. The van der Waals surface area contributed by atoms with Crippen molar-refractivity contribution in [2.45, 2.75) is 64.1 Å². The molecule has 2 heterocycles. The minimum atomic E-state index is -0.381. The van der Waals surface area contributed by atoms with E-state index in [9.17, 15) is 4.79 Å². The molecule has 5 rings (SSSR count). The monoisotopic (exact) mass is 675 g/mol. The van der Waals surface area contributed by atoms with Crippen molar-refractivity contribution < 1.29 is 33.2 Å². The summed E-state index contributed by atoms with van der Waals surface area (Å²) in [5.41, 5.74) is 4.12. The number of methoxy groups -OCH3 is 2. The highest BCUT2D eigenvalue weighted by Crippen LogP contribution is 2.36. The molecule has 4 atom stereocenters. The average molecular weight is 676 g/mol. The summed E-state index contributed by atoms with van der Waals surface area (Å²) in [6.07, 6.45) is 0.913. The lowest BCUT2D eigenvalue weighted by Gasteiger charge is -2.43. The maximum absolute atomic E-state index is 13.6. The van der Waals surface area contributed by atoms with E-state index in [2.05, 4.69) is 48.3 Å². The third-order valence-corrected chi connectivity index (χ3v) is 9.09. The molecular formula is C39H53N3O7. The molecule has 3 aromatic rings. The number of anilines is 1. The first-order valence-electron chi connectivity index (χ1n) is 17.5. The van der Waals surface area contributed by atoms with Crippen LogP contribution >= 0.6 is 0 Å². The van der Waals surface area contributed by atoms with Crippen molar-refractivity contribution in [2.75, 3.05) is 71.7 Å². The van der Waals surface area contributed by atoms with Crippen molar-refractivity contribution in [2.24, 2.45) is 0 Å². The number of nitrogens with zero attached hydrogens (tertiary/aromatic N) is 2. The fourth-order valence-electron chi connectivity index (χ4n) is 6.46. The van der Waals surface area contributed by atoms with Crippen LogP contribution in [0.5, 0.6) is 11.5 Å². The molecule has 1 N–H and O–H groups in total. The van der Waals surface area contributed by atoms with Gasteiger partial charge in [-0.25, -0.2) is 4.79 Å². The Morgan fingerprint density at radius 2 is 1.73 bits per heavy atom. The summed E-state index contributed by atoms with van der Waals surface area (Å²) < 4.78 is 36.0. The van der Waals surface area contributed by atoms with Crippen LogP contribution in [0.4, 0.5) is 10.5 Å². The van der Waals surface area contributed by atoms with Gasteiger partial charge in [0, 0.05) is 32.2 Å². The van der Waals surface area contributed by atoms with Gasteiger partial charge in [-0.3, -0.25) is 0 Å². The number of carbonyl (C=O) groups excluding carboxylic acids is 1. The lowest BCUT2D eigenvalue weighted by Crippen LogP contribution is -2.55. The fourth-order valence-corrected chi connectivity index (χ4v) is 6.46. The van der Waals surface area contributed by atoms with Crippen molar-refractivity contribution in [3.8, 4) is 11.5 Å². The Bertz CT molecular complexity index is 1420. The third-order valence-electron chi connectivity index (χ3n) is 9.09. The zero-order chi connectivity index (χ0) is 34.4. The van der Waals surface area contributed by atoms with Gasteiger partial charge in [-0.2, -0.15) is 0 Å². The molecule has 1 amide bonds. The van der Waals surface area contributed by atoms with Crippen LogP contribution in [-0.2, 0) is 32.2 Å². The van der Waals surface area contributed by atoms with Crippen LogP contribution in [0.2, 0.25) is 0 Å². The molecule has 1 saturated heterocycles. The van der Waals surface area contributed by atoms with Gasteiger partial charge < -0.3 is 43.5 Å². The van der Waals surface area contributed by atoms with Crippen molar-refractivity contribution >= 4 is 11.8 Å². The van der Waals surface area contributed by atoms with Crippen LogP contribution in [-0.4, -0.2) is 96.0 Å². The Kier molecular flexibility index (Phi) is 14.0. The predicted molar refractivity (Wildman–Crippen MR) is 191 cm³/mol. The summed E-state index contributed by atoms with van der Waals surface area (Å²) in [7, 11) is 3.40.